The van der Waals surface area contributed by atoms with Crippen molar-refractivity contribution in [2.75, 3.05) is 13.2 Å². The van der Waals surface area contributed by atoms with Crippen molar-refractivity contribution >= 4 is 11.9 Å². The summed E-state index contributed by atoms with van der Waals surface area (Å²) in [5.74, 6) is 4.33. The average molecular weight is 629 g/mol. The van der Waals surface area contributed by atoms with E-state index < -0.39 is 0 Å². The molecule has 8 rings (SSSR count). The lowest BCUT2D eigenvalue weighted by molar-refractivity contribution is -0.627. The van der Waals surface area contributed by atoms with Gasteiger partial charge in [0.1, 0.15) is 23.0 Å². The van der Waals surface area contributed by atoms with Crippen LogP contribution in [0.5, 0.6) is 23.0 Å². The fourth-order valence-electron chi connectivity index (χ4n) is 10.4. The summed E-state index contributed by atoms with van der Waals surface area (Å²) >= 11 is 0. The lowest BCUT2D eigenvalue weighted by Crippen LogP contribution is -3.12. The van der Waals surface area contributed by atoms with Crippen LogP contribution in [0.15, 0.2) is 48.5 Å². The van der Waals surface area contributed by atoms with Crippen molar-refractivity contribution in [2.24, 2.45) is 46.3 Å². The van der Waals surface area contributed by atoms with E-state index in [2.05, 4.69) is 13.8 Å². The maximum Gasteiger partial charge on any atom is 0.318 e. The molecule has 0 N–H and O–H groups in total. The number of rotatable bonds is 22. The molecule has 0 aromatic heterocycles. The zero-order valence-electron chi connectivity index (χ0n) is 27.8. The molecule has 2 aromatic carbocycles. The van der Waals surface area contributed by atoms with Crippen LogP contribution in [0.4, 0.5) is 0 Å². The molecule has 6 saturated carbocycles. The zero-order valence-corrected chi connectivity index (χ0v) is 27.8. The van der Waals surface area contributed by atoms with Crippen LogP contribution >= 0.6 is 0 Å². The number of benzene rings is 2. The smallest absolute Gasteiger partial charge is 0.318 e. The maximum atomic E-state index is 13.4. The highest BCUT2D eigenvalue weighted by atomic mass is 16.5. The van der Waals surface area contributed by atoms with E-state index in [9.17, 15) is 9.59 Å². The monoisotopic (exact) mass is 628 g/mol. The van der Waals surface area contributed by atoms with Gasteiger partial charge in [-0.2, -0.15) is 0 Å². The number of hydrogen-bond acceptors (Lipinski definition) is 6. The van der Waals surface area contributed by atoms with Crippen LogP contribution in [-0.2, 0) is 9.59 Å². The van der Waals surface area contributed by atoms with Crippen molar-refractivity contribution in [1.82, 2.24) is 0 Å². The number of hydrogen-bond donors (Lipinski definition) is 0. The summed E-state index contributed by atoms with van der Waals surface area (Å²) in [5, 5.41) is 0. The van der Waals surface area contributed by atoms with Crippen molar-refractivity contribution < 1.29 is 28.5 Å². The second-order valence-corrected chi connectivity index (χ2v) is 14.7. The third kappa shape index (κ3) is 4.79. The Balaban J connectivity index is 0.816. The van der Waals surface area contributed by atoms with Crippen LogP contribution in [-0.4, -0.2) is 25.2 Å². The molecule has 2 aromatic rings. The molecule has 6 aliphatic carbocycles. The molecule has 0 aliphatic heterocycles. The average Bonchev–Trinajstić information content (AvgIpc) is 3.08. The molecule has 0 atom stereocenters. The predicted molar refractivity (Wildman–Crippen MR) is 177 cm³/mol. The molecule has 0 spiro atoms. The van der Waals surface area contributed by atoms with Gasteiger partial charge in [0, 0.05) is 0 Å². The Bertz CT molecular complexity index is 1200. The molecule has 46 heavy (non-hydrogen) atoms. The number of carbonyl (C=O) groups is 2. The maximum absolute atomic E-state index is 13.4. The molecule has 6 aliphatic rings. The Labute approximate surface area is 274 Å². The van der Waals surface area contributed by atoms with Gasteiger partial charge in [-0.3, -0.25) is 9.59 Å². The third-order valence-corrected chi connectivity index (χ3v) is 12.4. The molecule has 0 heterocycles. The van der Waals surface area contributed by atoms with E-state index >= 15 is 0 Å². The Kier molecular flexibility index (Phi) is 9.09. The molecule has 0 saturated heterocycles. The van der Waals surface area contributed by atoms with Crippen LogP contribution < -0.4 is 18.9 Å². The normalized spacial score (nSPS) is 31.3. The molecule has 0 amide bonds. The summed E-state index contributed by atoms with van der Waals surface area (Å²) in [4.78, 5) is 26.8. The molecule has 6 heteroatoms. The summed E-state index contributed by atoms with van der Waals surface area (Å²) in [5.41, 5.74) is -0.689. The minimum Gasteiger partial charge on any atom is -0.494 e. The van der Waals surface area contributed by atoms with Gasteiger partial charge in [0.05, 0.1) is 24.0 Å². The van der Waals surface area contributed by atoms with E-state index in [4.69, 9.17) is 18.9 Å². The summed E-state index contributed by atoms with van der Waals surface area (Å²) in [6.45, 7) is 5.92. The first-order valence-corrected chi connectivity index (χ1v) is 18.5. The van der Waals surface area contributed by atoms with E-state index in [0.717, 1.165) is 24.3 Å². The second-order valence-electron chi connectivity index (χ2n) is 14.7. The second kappa shape index (κ2) is 13.2. The molecular weight excluding hydrogens is 576 g/mol. The van der Waals surface area contributed by atoms with Crippen LogP contribution in [0.25, 0.3) is 0 Å². The summed E-state index contributed by atoms with van der Waals surface area (Å²) < 4.78 is 23.6. The lowest BCUT2D eigenvalue weighted by Gasteiger charge is -3.08. The quantitative estimate of drug-likeness (QED) is 0.0736. The van der Waals surface area contributed by atoms with Gasteiger partial charge in [-0.05, 0) is 96.9 Å². The zero-order chi connectivity index (χ0) is 31.7. The highest BCUT2D eigenvalue weighted by Crippen LogP contribution is 3.10. The molecule has 248 valence electrons. The van der Waals surface area contributed by atoms with Gasteiger partial charge in [-0.1, -0.05) is 90.9 Å². The van der Waals surface area contributed by atoms with Gasteiger partial charge in [0.15, 0.2) is 0 Å². The predicted octanol–water partition coefficient (Wildman–Crippen LogP) is 9.19. The van der Waals surface area contributed by atoms with Gasteiger partial charge in [-0.15, -0.1) is 0 Å². The highest BCUT2D eigenvalue weighted by molar-refractivity contribution is 5.98. The van der Waals surface area contributed by atoms with Crippen molar-refractivity contribution in [3.63, 3.8) is 0 Å². The first-order chi connectivity index (χ1) is 22.6. The Hall–Kier alpha value is -3.02. The van der Waals surface area contributed by atoms with Crippen molar-refractivity contribution in [3.05, 3.63) is 48.5 Å². The highest BCUT2D eigenvalue weighted by Gasteiger charge is 3.13. The fourth-order valence-corrected chi connectivity index (χ4v) is 10.4. The summed E-state index contributed by atoms with van der Waals surface area (Å²) in [6, 6.07) is 14.9. The van der Waals surface area contributed by atoms with Gasteiger partial charge in [0.2, 0.25) is 0 Å². The lowest BCUT2D eigenvalue weighted by atomic mass is 8.92. The Morgan fingerprint density at radius 3 is 1.07 bits per heavy atom. The van der Waals surface area contributed by atoms with Crippen molar-refractivity contribution in [3.8, 4) is 23.0 Å². The van der Waals surface area contributed by atoms with E-state index in [0.29, 0.717) is 60.2 Å². The number of ether oxygens (including phenoxy) is 4. The Morgan fingerprint density at radius 1 is 0.457 bits per heavy atom. The van der Waals surface area contributed by atoms with Crippen molar-refractivity contribution in [1.29, 1.82) is 0 Å². The fraction of sp³-hybridized carbons (Fsp3) is 0.650. The number of esters is 2. The van der Waals surface area contributed by atoms with Gasteiger partial charge < -0.3 is 18.9 Å². The molecule has 0 unspecified atom stereocenters. The third-order valence-electron chi connectivity index (χ3n) is 12.4. The number of unbranched alkanes of at least 4 members (excludes halogenated alkanes) is 12. The number of carbonyl (C=O) groups excluding carboxylic acids is 2. The molecule has 0 radical (unpaired) electrons. The van der Waals surface area contributed by atoms with E-state index in [1.807, 2.05) is 48.5 Å². The van der Waals surface area contributed by atoms with Crippen LogP contribution in [0.2, 0.25) is 0 Å². The first-order valence-electron chi connectivity index (χ1n) is 18.5. The molecular formula is C40H52O6. The SMILES string of the molecule is CCCCCCCCCOc1ccc(OC(=O)C23C4C5C2C2C3C4C52C(=O)Oc2ccc(OCCCCCCCCC)cc2)cc1. The first kappa shape index (κ1) is 31.6. The topological polar surface area (TPSA) is 71.1 Å². The van der Waals surface area contributed by atoms with Crippen LogP contribution in [0, 0.1) is 46.3 Å². The van der Waals surface area contributed by atoms with Gasteiger partial charge in [0.25, 0.3) is 0 Å². The summed E-state index contributed by atoms with van der Waals surface area (Å²) in [6.07, 6.45) is 17.6. The van der Waals surface area contributed by atoms with Crippen molar-refractivity contribution in [2.45, 2.75) is 104 Å². The molecule has 6 nitrogen and oxygen atoms in total. The van der Waals surface area contributed by atoms with Gasteiger partial charge in [-0.25, -0.2) is 0 Å². The van der Waals surface area contributed by atoms with Crippen LogP contribution in [0.3, 0.4) is 0 Å². The minimum absolute atomic E-state index is 0.0956. The molecule has 0 bridgehead atoms. The standard InChI is InChI=1S/C40H52O6/c1-3-5-7-9-11-13-15-25-43-27-17-21-29(22-18-27)45-37(41)39-31-34-32(39)36-33(39)35(31)40(34,36)38(42)46-30-23-19-28(20-24-30)44-26-16-14-12-10-8-6-4-2/h17-24,31-36H,3-16,25-26H2,1-2H3. The van der Waals surface area contributed by atoms with Gasteiger partial charge >= 0.3 is 11.9 Å². The van der Waals surface area contributed by atoms with E-state index in [-0.39, 0.29) is 22.8 Å². The minimum atomic E-state index is -0.344. The summed E-state index contributed by atoms with van der Waals surface area (Å²) in [7, 11) is 0. The van der Waals surface area contributed by atoms with E-state index in [1.165, 1.54) is 77.0 Å². The Morgan fingerprint density at radius 2 is 0.739 bits per heavy atom. The molecule has 6 fully saturated rings. The van der Waals surface area contributed by atoms with E-state index in [1.54, 1.807) is 0 Å². The largest absolute Gasteiger partial charge is 0.494 e. The van der Waals surface area contributed by atoms with Crippen LogP contribution in [0.1, 0.15) is 104 Å².